The Balaban J connectivity index is 1.30. The zero-order chi connectivity index (χ0) is 31.5. The van der Waals surface area contributed by atoms with E-state index in [1.807, 2.05) is 55.1 Å². The minimum Gasteiger partial charge on any atom is -0.489 e. The van der Waals surface area contributed by atoms with E-state index in [0.29, 0.717) is 44.4 Å². The number of likely N-dealkylation sites (N-methyl/N-ethyl adjacent to an activating group) is 1. The number of benzene rings is 2. The van der Waals surface area contributed by atoms with Gasteiger partial charge in [-0.05, 0) is 51.1 Å². The van der Waals surface area contributed by atoms with Crippen molar-refractivity contribution in [1.29, 1.82) is 0 Å². The number of hydrogen-bond acceptors (Lipinski definition) is 8. The molecule has 1 atom stereocenters. The fourth-order valence-electron chi connectivity index (χ4n) is 6.18. The van der Waals surface area contributed by atoms with Crippen LogP contribution in [-0.4, -0.2) is 95.1 Å². The molecule has 0 unspecified atom stereocenters. The lowest BCUT2D eigenvalue weighted by atomic mass is 10.1. The molecule has 6 rings (SSSR count). The summed E-state index contributed by atoms with van der Waals surface area (Å²) in [7, 11) is 2.15. The Kier molecular flexibility index (Phi) is 8.88. The van der Waals surface area contributed by atoms with Crippen molar-refractivity contribution < 1.29 is 14.3 Å². The van der Waals surface area contributed by atoms with E-state index in [1.54, 1.807) is 16.0 Å². The quantitative estimate of drug-likeness (QED) is 0.354. The summed E-state index contributed by atoms with van der Waals surface area (Å²) in [5.74, 6) is 1.53. The molecule has 4 heterocycles. The van der Waals surface area contributed by atoms with Gasteiger partial charge in [-0.3, -0.25) is 9.69 Å². The molecule has 2 saturated heterocycles. The number of ether oxygens (including phenoxy) is 1. The maximum atomic E-state index is 14.1. The molecular formula is C34H42N8O3. The third-order valence-corrected chi connectivity index (χ3v) is 8.58. The van der Waals surface area contributed by atoms with Gasteiger partial charge in [-0.2, -0.15) is 4.98 Å². The van der Waals surface area contributed by atoms with Crippen molar-refractivity contribution in [2.45, 2.75) is 45.5 Å². The molecule has 1 N–H and O–H groups in total. The van der Waals surface area contributed by atoms with E-state index in [9.17, 15) is 9.59 Å². The third-order valence-electron chi connectivity index (χ3n) is 8.58. The zero-order valence-corrected chi connectivity index (χ0v) is 26.4. The maximum Gasteiger partial charge on any atom is 0.326 e. The van der Waals surface area contributed by atoms with Crippen LogP contribution >= 0.6 is 0 Å². The number of carbonyl (C=O) groups excluding carboxylic acids is 2. The smallest absolute Gasteiger partial charge is 0.326 e. The van der Waals surface area contributed by atoms with Gasteiger partial charge in [0.15, 0.2) is 0 Å². The number of urea groups is 1. The van der Waals surface area contributed by atoms with Gasteiger partial charge < -0.3 is 29.7 Å². The topological polar surface area (TPSA) is 97.4 Å². The van der Waals surface area contributed by atoms with Crippen LogP contribution in [0.4, 0.5) is 27.9 Å². The summed E-state index contributed by atoms with van der Waals surface area (Å²) in [6, 6.07) is 15.8. The highest BCUT2D eigenvalue weighted by Crippen LogP contribution is 2.36. The van der Waals surface area contributed by atoms with Crippen LogP contribution in [0.2, 0.25) is 0 Å². The van der Waals surface area contributed by atoms with E-state index >= 15 is 0 Å². The van der Waals surface area contributed by atoms with Crippen molar-refractivity contribution in [1.82, 2.24) is 24.7 Å². The van der Waals surface area contributed by atoms with E-state index in [2.05, 4.69) is 45.9 Å². The summed E-state index contributed by atoms with van der Waals surface area (Å²) in [6.07, 6.45) is 3.75. The highest BCUT2D eigenvalue weighted by molar-refractivity contribution is 5.95. The molecule has 3 aliphatic rings. The first-order chi connectivity index (χ1) is 21.8. The van der Waals surface area contributed by atoms with E-state index in [-0.39, 0.29) is 24.1 Å². The Morgan fingerprint density at radius 1 is 1.11 bits per heavy atom. The minimum absolute atomic E-state index is 0.0231. The van der Waals surface area contributed by atoms with Crippen LogP contribution in [0, 0.1) is 0 Å². The van der Waals surface area contributed by atoms with Crippen LogP contribution in [-0.2, 0) is 17.9 Å². The van der Waals surface area contributed by atoms with Gasteiger partial charge in [0.05, 0.1) is 24.4 Å². The molecule has 3 amide bonds. The number of rotatable bonds is 9. The maximum absolute atomic E-state index is 14.1. The first-order valence-corrected chi connectivity index (χ1v) is 15.7. The molecule has 45 heavy (non-hydrogen) atoms. The van der Waals surface area contributed by atoms with Gasteiger partial charge in [0.1, 0.15) is 11.6 Å². The number of likely N-dealkylation sites (tertiary alicyclic amines) is 1. The van der Waals surface area contributed by atoms with Crippen molar-refractivity contribution in [3.8, 4) is 5.75 Å². The molecule has 0 bridgehead atoms. The van der Waals surface area contributed by atoms with E-state index in [0.717, 1.165) is 54.4 Å². The van der Waals surface area contributed by atoms with Crippen LogP contribution in [0.1, 0.15) is 31.4 Å². The predicted octanol–water partition coefficient (Wildman–Crippen LogP) is 4.49. The number of fused-ring (bicyclic) bond motifs is 1. The van der Waals surface area contributed by atoms with Crippen LogP contribution in [0.25, 0.3) is 0 Å². The number of aromatic nitrogens is 2. The number of anilines is 4. The Morgan fingerprint density at radius 3 is 2.62 bits per heavy atom. The second kappa shape index (κ2) is 13.2. The summed E-state index contributed by atoms with van der Waals surface area (Å²) in [6.45, 7) is 13.4. The van der Waals surface area contributed by atoms with Crippen LogP contribution in [0.3, 0.4) is 0 Å². The van der Waals surface area contributed by atoms with Crippen LogP contribution in [0.15, 0.2) is 67.4 Å². The van der Waals surface area contributed by atoms with Gasteiger partial charge in [0, 0.05) is 69.3 Å². The van der Waals surface area contributed by atoms with E-state index in [4.69, 9.17) is 9.72 Å². The minimum atomic E-state index is -0.218. The Morgan fingerprint density at radius 2 is 1.89 bits per heavy atom. The number of nitrogens with one attached hydrogen (secondary N) is 1. The lowest BCUT2D eigenvalue weighted by molar-refractivity contribution is -0.125. The molecule has 2 aromatic carbocycles. The van der Waals surface area contributed by atoms with Gasteiger partial charge in [0.25, 0.3) is 0 Å². The van der Waals surface area contributed by atoms with Crippen molar-refractivity contribution >= 4 is 35.1 Å². The lowest BCUT2D eigenvalue weighted by Gasteiger charge is -2.39. The van der Waals surface area contributed by atoms with Crippen molar-refractivity contribution in [3.63, 3.8) is 0 Å². The molecular weight excluding hydrogens is 568 g/mol. The lowest BCUT2D eigenvalue weighted by Crippen LogP contribution is -2.52. The molecule has 0 radical (unpaired) electrons. The normalized spacial score (nSPS) is 18.8. The van der Waals surface area contributed by atoms with E-state index in [1.165, 1.54) is 6.08 Å². The Bertz CT molecular complexity index is 1540. The van der Waals surface area contributed by atoms with Crippen molar-refractivity contribution in [2.24, 2.45) is 0 Å². The summed E-state index contributed by atoms with van der Waals surface area (Å²) >= 11 is 0. The second-order valence-corrected chi connectivity index (χ2v) is 12.2. The van der Waals surface area contributed by atoms with Crippen molar-refractivity contribution in [3.05, 3.63) is 78.5 Å². The van der Waals surface area contributed by atoms with Gasteiger partial charge >= 0.3 is 6.03 Å². The molecule has 3 aromatic rings. The molecule has 0 spiro atoms. The number of hydrogen-bond donors (Lipinski definition) is 1. The molecule has 0 saturated carbocycles. The van der Waals surface area contributed by atoms with Crippen LogP contribution in [0.5, 0.6) is 5.75 Å². The monoisotopic (exact) mass is 610 g/mol. The van der Waals surface area contributed by atoms with E-state index < -0.39 is 0 Å². The van der Waals surface area contributed by atoms with Crippen LogP contribution < -0.4 is 19.9 Å². The molecule has 11 heteroatoms. The highest BCUT2D eigenvalue weighted by Gasteiger charge is 2.40. The molecule has 1 aromatic heterocycles. The molecule has 11 nitrogen and oxygen atoms in total. The number of amides is 3. The molecule has 236 valence electrons. The highest BCUT2D eigenvalue weighted by atomic mass is 16.5. The average Bonchev–Trinajstić information content (AvgIpc) is 3.52. The van der Waals surface area contributed by atoms with Gasteiger partial charge in [0.2, 0.25) is 11.9 Å². The van der Waals surface area contributed by atoms with Gasteiger partial charge in [-0.1, -0.05) is 36.9 Å². The number of piperazine rings is 1. The Labute approximate surface area is 265 Å². The van der Waals surface area contributed by atoms with Gasteiger partial charge in [-0.15, -0.1) is 0 Å². The number of nitrogens with zero attached hydrogens (tertiary/aromatic N) is 7. The SMILES string of the molecule is C=CC(=O)N1CC[C@H](N2C(=O)N(Cc3ccccc3)Cc3cnc(Nc4ccc(N5CCN(C)CC5)cc4OC(C)C)nc32)C1. The third kappa shape index (κ3) is 6.73. The van der Waals surface area contributed by atoms with Gasteiger partial charge in [-0.25, -0.2) is 9.78 Å². The summed E-state index contributed by atoms with van der Waals surface area (Å²) in [5, 5.41) is 3.38. The van der Waals surface area contributed by atoms with Crippen molar-refractivity contribution in [2.75, 3.05) is 61.4 Å². The standard InChI is InChI=1S/C34H42N8O3/c1-5-31(43)40-14-13-28(23-40)42-32-26(22-41(34(42)44)21-25-9-7-6-8-10-25)20-35-33(37-32)36-29-12-11-27(19-30(29)45-24(2)3)39-17-15-38(4)16-18-39/h5-12,19-20,24,28H,1,13-18,21-23H2,2-4H3,(H,35,36,37)/t28-/m0/s1. The molecule has 3 aliphatic heterocycles. The second-order valence-electron chi connectivity index (χ2n) is 12.2. The first kappa shape index (κ1) is 30.4. The summed E-state index contributed by atoms with van der Waals surface area (Å²) in [4.78, 5) is 46.1. The molecule has 0 aliphatic carbocycles. The fraction of sp³-hybridized carbons (Fsp3) is 0.412. The fourth-order valence-corrected chi connectivity index (χ4v) is 6.18. The summed E-state index contributed by atoms with van der Waals surface area (Å²) < 4.78 is 6.25. The first-order valence-electron chi connectivity index (χ1n) is 15.7. The predicted molar refractivity (Wildman–Crippen MR) is 176 cm³/mol. The number of carbonyl (C=O) groups is 2. The Hall–Kier alpha value is -4.64. The summed E-state index contributed by atoms with van der Waals surface area (Å²) in [5.41, 5.74) is 3.77. The zero-order valence-electron chi connectivity index (χ0n) is 26.4. The average molecular weight is 611 g/mol. The molecule has 2 fully saturated rings. The largest absolute Gasteiger partial charge is 0.489 e.